The molecule has 5 nitrogen and oxygen atoms in total. The summed E-state index contributed by atoms with van der Waals surface area (Å²) >= 11 is 0. The molecule has 1 aromatic heterocycles. The molecule has 2 amide bonds. The molecule has 19 heavy (non-hydrogen) atoms. The largest absolute Gasteiger partial charge is 0.325 e. The van der Waals surface area contributed by atoms with Crippen LogP contribution in [0, 0.1) is 6.92 Å². The van der Waals surface area contributed by atoms with Crippen molar-refractivity contribution in [1.29, 1.82) is 0 Å². The van der Waals surface area contributed by atoms with Gasteiger partial charge < -0.3 is 9.80 Å². The van der Waals surface area contributed by atoms with Crippen LogP contribution in [-0.2, 0) is 12.8 Å². The third-order valence-corrected chi connectivity index (χ3v) is 4.15. The van der Waals surface area contributed by atoms with Crippen molar-refractivity contribution in [3.8, 4) is 0 Å². The smallest absolute Gasteiger partial charge is 0.320 e. The number of hydrogen-bond acceptors (Lipinski definition) is 3. The van der Waals surface area contributed by atoms with Crippen molar-refractivity contribution in [2.45, 2.75) is 32.6 Å². The van der Waals surface area contributed by atoms with Gasteiger partial charge in [-0.15, -0.1) is 0 Å². The zero-order valence-electron chi connectivity index (χ0n) is 11.4. The van der Waals surface area contributed by atoms with Gasteiger partial charge in [0.1, 0.15) is 6.33 Å². The molecule has 0 spiro atoms. The Kier molecular flexibility index (Phi) is 3.36. The van der Waals surface area contributed by atoms with Gasteiger partial charge in [0.05, 0.1) is 0 Å². The predicted molar refractivity (Wildman–Crippen MR) is 72.0 cm³/mol. The molecule has 0 aromatic carbocycles. The second kappa shape index (κ2) is 5.15. The van der Waals surface area contributed by atoms with E-state index in [1.807, 2.05) is 16.7 Å². The predicted octanol–water partition coefficient (Wildman–Crippen LogP) is 1.40. The third kappa shape index (κ3) is 2.41. The number of fused-ring (bicyclic) bond motifs is 1. The number of carbonyl (C=O) groups excluding carboxylic acids is 1. The van der Waals surface area contributed by atoms with Crippen molar-refractivity contribution in [2.75, 3.05) is 26.2 Å². The minimum Gasteiger partial charge on any atom is -0.325 e. The van der Waals surface area contributed by atoms with Gasteiger partial charge in [0.15, 0.2) is 0 Å². The Hall–Kier alpha value is -1.65. The number of hydrogen-bond donors (Lipinski definition) is 0. The zero-order chi connectivity index (χ0) is 13.2. The van der Waals surface area contributed by atoms with Gasteiger partial charge in [-0.25, -0.2) is 14.8 Å². The molecular weight excluding hydrogens is 240 g/mol. The number of aryl methyl sites for hydroxylation is 1. The molecule has 0 saturated carbocycles. The van der Waals surface area contributed by atoms with Gasteiger partial charge in [-0.05, 0) is 31.7 Å². The van der Waals surface area contributed by atoms with Crippen LogP contribution in [0.2, 0.25) is 0 Å². The summed E-state index contributed by atoms with van der Waals surface area (Å²) in [6, 6.07) is 0.205. The Labute approximate surface area is 113 Å². The average molecular weight is 260 g/mol. The van der Waals surface area contributed by atoms with E-state index in [-0.39, 0.29) is 6.03 Å². The highest BCUT2D eigenvalue weighted by atomic mass is 16.2. The van der Waals surface area contributed by atoms with Crippen LogP contribution in [0.15, 0.2) is 6.33 Å². The van der Waals surface area contributed by atoms with Gasteiger partial charge >= 0.3 is 6.03 Å². The topological polar surface area (TPSA) is 49.3 Å². The van der Waals surface area contributed by atoms with Crippen molar-refractivity contribution in [3.63, 3.8) is 0 Å². The van der Waals surface area contributed by atoms with Crippen LogP contribution in [0.4, 0.5) is 4.79 Å². The summed E-state index contributed by atoms with van der Waals surface area (Å²) in [5.74, 6) is 0. The molecule has 0 N–H and O–H groups in total. The molecule has 1 saturated heterocycles. The van der Waals surface area contributed by atoms with Gasteiger partial charge in [0.25, 0.3) is 0 Å². The van der Waals surface area contributed by atoms with E-state index < -0.39 is 0 Å². The first-order valence-corrected chi connectivity index (χ1v) is 7.09. The number of amides is 2. The minimum absolute atomic E-state index is 0.205. The van der Waals surface area contributed by atoms with Crippen molar-refractivity contribution >= 4 is 6.03 Å². The summed E-state index contributed by atoms with van der Waals surface area (Å²) in [5, 5.41) is 0. The van der Waals surface area contributed by atoms with Crippen LogP contribution >= 0.6 is 0 Å². The number of urea groups is 1. The maximum absolute atomic E-state index is 12.4. The van der Waals surface area contributed by atoms with E-state index in [1.165, 1.54) is 5.56 Å². The maximum atomic E-state index is 12.4. The molecule has 0 aliphatic carbocycles. The number of aromatic nitrogens is 2. The third-order valence-electron chi connectivity index (χ3n) is 4.15. The van der Waals surface area contributed by atoms with Gasteiger partial charge in [-0.1, -0.05) is 0 Å². The molecule has 0 bridgehead atoms. The van der Waals surface area contributed by atoms with Crippen LogP contribution in [0.3, 0.4) is 0 Å². The maximum Gasteiger partial charge on any atom is 0.320 e. The normalized spacial score (nSPS) is 19.2. The van der Waals surface area contributed by atoms with Crippen LogP contribution in [0.1, 0.15) is 29.8 Å². The molecule has 3 heterocycles. The Balaban J connectivity index is 1.72. The first kappa shape index (κ1) is 12.4. The quantitative estimate of drug-likeness (QED) is 0.708. The van der Waals surface area contributed by atoms with Gasteiger partial charge in [0, 0.05) is 44.0 Å². The van der Waals surface area contributed by atoms with E-state index in [9.17, 15) is 4.79 Å². The molecule has 5 heteroatoms. The molecule has 2 aliphatic rings. The Morgan fingerprint density at radius 3 is 2.53 bits per heavy atom. The Morgan fingerprint density at radius 2 is 1.74 bits per heavy atom. The summed E-state index contributed by atoms with van der Waals surface area (Å²) in [4.78, 5) is 25.0. The highest BCUT2D eigenvalue weighted by Crippen LogP contribution is 2.18. The van der Waals surface area contributed by atoms with E-state index in [1.54, 1.807) is 6.33 Å². The van der Waals surface area contributed by atoms with Crippen LogP contribution in [0.25, 0.3) is 0 Å². The van der Waals surface area contributed by atoms with Crippen molar-refractivity contribution in [1.82, 2.24) is 19.8 Å². The van der Waals surface area contributed by atoms with Crippen molar-refractivity contribution in [2.24, 2.45) is 0 Å². The lowest BCUT2D eigenvalue weighted by molar-refractivity contribution is 0.164. The molecule has 0 unspecified atom stereocenters. The highest BCUT2D eigenvalue weighted by Gasteiger charge is 2.26. The molecule has 3 rings (SSSR count). The summed E-state index contributed by atoms with van der Waals surface area (Å²) in [7, 11) is 0. The fourth-order valence-corrected chi connectivity index (χ4v) is 2.99. The standard InChI is InChI=1S/C14H20N4O/c1-11-12-4-8-18(9-5-13(12)16-10-15-11)14(19)17-6-2-3-7-17/h10H,2-9H2,1H3. The number of nitrogens with zero attached hydrogens (tertiary/aromatic N) is 4. The Morgan fingerprint density at radius 1 is 1.05 bits per heavy atom. The second-order valence-electron chi connectivity index (χ2n) is 5.35. The molecule has 102 valence electrons. The lowest BCUT2D eigenvalue weighted by atomic mass is 10.1. The molecule has 1 aromatic rings. The van der Waals surface area contributed by atoms with Crippen LogP contribution < -0.4 is 0 Å². The summed E-state index contributed by atoms with van der Waals surface area (Å²) in [6.45, 7) is 5.43. The van der Waals surface area contributed by atoms with E-state index in [4.69, 9.17) is 0 Å². The minimum atomic E-state index is 0.205. The Bertz CT molecular complexity index is 482. The van der Waals surface area contributed by atoms with E-state index in [2.05, 4.69) is 9.97 Å². The van der Waals surface area contributed by atoms with E-state index in [0.717, 1.165) is 63.3 Å². The first-order valence-electron chi connectivity index (χ1n) is 7.09. The molecule has 1 fully saturated rings. The van der Waals surface area contributed by atoms with E-state index in [0.29, 0.717) is 0 Å². The molecule has 0 atom stereocenters. The summed E-state index contributed by atoms with van der Waals surface area (Å²) < 4.78 is 0. The summed E-state index contributed by atoms with van der Waals surface area (Å²) in [5.41, 5.74) is 3.41. The van der Waals surface area contributed by atoms with Crippen molar-refractivity contribution in [3.05, 3.63) is 23.3 Å². The first-order chi connectivity index (χ1) is 9.25. The second-order valence-corrected chi connectivity index (χ2v) is 5.35. The van der Waals surface area contributed by atoms with Crippen LogP contribution in [0.5, 0.6) is 0 Å². The number of likely N-dealkylation sites (tertiary alicyclic amines) is 1. The number of carbonyl (C=O) groups is 1. The SMILES string of the molecule is Cc1ncnc2c1CCN(C(=O)N1CCCC1)CC2. The fourth-order valence-electron chi connectivity index (χ4n) is 2.99. The lowest BCUT2D eigenvalue weighted by Gasteiger charge is -2.26. The lowest BCUT2D eigenvalue weighted by Crippen LogP contribution is -2.42. The fraction of sp³-hybridized carbons (Fsp3) is 0.643. The number of rotatable bonds is 0. The average Bonchev–Trinajstić information content (AvgIpc) is 2.85. The zero-order valence-corrected chi connectivity index (χ0v) is 11.4. The van der Waals surface area contributed by atoms with Gasteiger partial charge in [-0.3, -0.25) is 0 Å². The molecule has 2 aliphatic heterocycles. The van der Waals surface area contributed by atoms with Gasteiger partial charge in [-0.2, -0.15) is 0 Å². The summed E-state index contributed by atoms with van der Waals surface area (Å²) in [6.07, 6.45) is 5.64. The highest BCUT2D eigenvalue weighted by molar-refractivity contribution is 5.74. The van der Waals surface area contributed by atoms with Crippen LogP contribution in [-0.4, -0.2) is 52.0 Å². The van der Waals surface area contributed by atoms with Crippen molar-refractivity contribution < 1.29 is 4.79 Å². The molecule has 0 radical (unpaired) electrons. The monoisotopic (exact) mass is 260 g/mol. The van der Waals surface area contributed by atoms with E-state index >= 15 is 0 Å². The van der Waals surface area contributed by atoms with Gasteiger partial charge in [0.2, 0.25) is 0 Å². The molecular formula is C14H20N4O.